The van der Waals surface area contributed by atoms with Crippen molar-refractivity contribution in [1.29, 1.82) is 0 Å². The molecule has 0 fully saturated rings. The van der Waals surface area contributed by atoms with Crippen LogP contribution in [0.3, 0.4) is 0 Å². The zero-order chi connectivity index (χ0) is 30.5. The largest absolute Gasteiger partial charge is 0.487 e. The van der Waals surface area contributed by atoms with E-state index in [1.165, 1.54) is 7.11 Å². The normalized spacial score (nSPS) is 15.9. The molecule has 1 aromatic carbocycles. The van der Waals surface area contributed by atoms with E-state index in [0.29, 0.717) is 24.0 Å². The number of nitrogens with one attached hydrogen (secondary N) is 3. The van der Waals surface area contributed by atoms with Gasteiger partial charge in [0.05, 0.1) is 4.90 Å². The number of aliphatic imine (C=N–C) groups is 1. The Balaban J connectivity index is 2.12. The molecule has 1 aliphatic heterocycles. The molecule has 0 saturated heterocycles. The number of rotatable bonds is 10. The lowest BCUT2D eigenvalue weighted by Gasteiger charge is -2.35. The van der Waals surface area contributed by atoms with Gasteiger partial charge in [0.25, 0.3) is 10.0 Å². The van der Waals surface area contributed by atoms with Crippen LogP contribution in [-0.4, -0.2) is 64.0 Å². The zero-order valence-electron chi connectivity index (χ0n) is 25.1. The molecule has 2 rings (SSSR count). The summed E-state index contributed by atoms with van der Waals surface area (Å²) in [7, 11) is -2.60. The van der Waals surface area contributed by atoms with Gasteiger partial charge in [0.2, 0.25) is 11.9 Å². The number of methoxy groups -OCH3 is 1. The number of ether oxygens (including phenoxy) is 3. The Hall–Kier alpha value is -3.06. The van der Waals surface area contributed by atoms with E-state index >= 15 is 0 Å². The van der Waals surface area contributed by atoms with Gasteiger partial charge < -0.3 is 30.6 Å². The van der Waals surface area contributed by atoms with Gasteiger partial charge >= 0.3 is 6.09 Å². The van der Waals surface area contributed by atoms with Crippen molar-refractivity contribution in [3.63, 3.8) is 0 Å². The number of hydrogen-bond acceptors (Lipinski definition) is 8. The number of hydrogen-bond donors (Lipinski definition) is 4. The van der Waals surface area contributed by atoms with Gasteiger partial charge in [0.1, 0.15) is 29.7 Å². The quantitative estimate of drug-likeness (QED) is 0.141. The van der Waals surface area contributed by atoms with Crippen molar-refractivity contribution in [2.75, 3.05) is 20.4 Å². The lowest BCUT2D eigenvalue weighted by atomic mass is 9.88. The molecular weight excluding hydrogens is 538 g/mol. The van der Waals surface area contributed by atoms with Crippen molar-refractivity contribution in [2.24, 2.45) is 10.7 Å². The molecule has 0 unspecified atom stereocenters. The molecule has 0 aliphatic carbocycles. The molecule has 2 amide bonds. The minimum Gasteiger partial charge on any atom is -0.487 e. The molecule has 12 nitrogen and oxygen atoms in total. The molecule has 0 saturated carbocycles. The lowest BCUT2D eigenvalue weighted by Crippen LogP contribution is -2.48. The second kappa shape index (κ2) is 13.1. The molecule has 1 heterocycles. The molecule has 40 heavy (non-hydrogen) atoms. The van der Waals surface area contributed by atoms with E-state index in [1.807, 2.05) is 20.8 Å². The maximum atomic E-state index is 13.4. The number of fused-ring (bicyclic) bond motifs is 1. The summed E-state index contributed by atoms with van der Waals surface area (Å²) in [6, 6.07) is -0.908. The van der Waals surface area contributed by atoms with Crippen molar-refractivity contribution >= 4 is 28.0 Å². The van der Waals surface area contributed by atoms with Gasteiger partial charge in [-0.1, -0.05) is 0 Å². The summed E-state index contributed by atoms with van der Waals surface area (Å²) in [4.78, 5) is 29.0. The summed E-state index contributed by atoms with van der Waals surface area (Å²) in [5, 5.41) is 5.10. The van der Waals surface area contributed by atoms with Crippen LogP contribution < -0.4 is 25.8 Å². The number of sulfonamides is 1. The van der Waals surface area contributed by atoms with E-state index in [0.717, 1.165) is 23.3 Å². The van der Waals surface area contributed by atoms with E-state index in [4.69, 9.17) is 19.9 Å². The third kappa shape index (κ3) is 8.98. The average molecular weight is 584 g/mol. The molecule has 5 N–H and O–H groups in total. The fourth-order valence-corrected chi connectivity index (χ4v) is 5.98. The molecule has 1 aromatic rings. The van der Waals surface area contributed by atoms with Crippen LogP contribution in [0, 0.1) is 20.8 Å². The van der Waals surface area contributed by atoms with Gasteiger partial charge in [-0.15, -0.1) is 0 Å². The summed E-state index contributed by atoms with van der Waals surface area (Å²) in [5.41, 5.74) is 7.78. The third-order valence-electron chi connectivity index (χ3n) is 6.51. The second-order valence-electron chi connectivity index (χ2n) is 11.6. The number of alkyl carbamates (subject to hydrolysis) is 1. The van der Waals surface area contributed by atoms with Crippen LogP contribution >= 0.6 is 0 Å². The van der Waals surface area contributed by atoms with E-state index in [2.05, 4.69) is 20.3 Å². The van der Waals surface area contributed by atoms with Crippen molar-refractivity contribution < 1.29 is 32.2 Å². The van der Waals surface area contributed by atoms with Crippen LogP contribution in [0.25, 0.3) is 0 Å². The summed E-state index contributed by atoms with van der Waals surface area (Å²) < 4.78 is 45.4. The summed E-state index contributed by atoms with van der Waals surface area (Å²) in [6.45, 7) is 14.7. The highest BCUT2D eigenvalue weighted by molar-refractivity contribution is 7.90. The highest BCUT2D eigenvalue weighted by atomic mass is 32.2. The number of nitrogens with two attached hydrogens (primary N) is 1. The van der Waals surface area contributed by atoms with Crippen LogP contribution in [0.5, 0.6) is 5.75 Å². The van der Waals surface area contributed by atoms with Crippen LogP contribution in [0.4, 0.5) is 4.79 Å². The molecule has 1 atom stereocenters. The Kier molecular flexibility index (Phi) is 10.8. The average Bonchev–Trinajstić information content (AvgIpc) is 2.80. The maximum Gasteiger partial charge on any atom is 0.408 e. The van der Waals surface area contributed by atoms with Gasteiger partial charge in [-0.2, -0.15) is 0 Å². The Bertz CT molecular complexity index is 1240. The minimum absolute atomic E-state index is 0.0247. The van der Waals surface area contributed by atoms with Gasteiger partial charge in [-0.3, -0.25) is 9.79 Å². The predicted octanol–water partition coefficient (Wildman–Crippen LogP) is 2.70. The molecule has 226 valence electrons. The van der Waals surface area contributed by atoms with E-state index in [-0.39, 0.29) is 36.2 Å². The number of benzene rings is 1. The number of amides is 2. The highest BCUT2D eigenvalue weighted by Crippen LogP contribution is 2.42. The van der Waals surface area contributed by atoms with Crippen LogP contribution in [0.2, 0.25) is 0 Å². The highest BCUT2D eigenvalue weighted by Gasteiger charge is 2.33. The molecule has 0 aromatic heterocycles. The topological polar surface area (TPSA) is 170 Å². The van der Waals surface area contributed by atoms with E-state index < -0.39 is 33.7 Å². The first-order chi connectivity index (χ1) is 18.4. The first-order valence-electron chi connectivity index (χ1n) is 13.3. The standard InChI is InChI=1S/C27H45N5O7S/c1-16-17(2)22(18(3)19-12-13-27(7,8)38-21(16)19)40(35,36)32-24(28)29-14-10-11-20(23(33)30-15-37-9)31-25(34)39-26(4,5)6/h20H,10-15H2,1-9H3,(H,30,33)(H,31,34)(H3,28,29,32)/t20-/m0/s1. The predicted molar refractivity (Wildman–Crippen MR) is 153 cm³/mol. The first kappa shape index (κ1) is 33.1. The number of carbonyl (C=O) groups is 2. The number of carbonyl (C=O) groups excluding carboxylic acids is 2. The molecule has 1 aliphatic rings. The van der Waals surface area contributed by atoms with Gasteiger partial charge in [-0.05, 0) is 103 Å². The smallest absolute Gasteiger partial charge is 0.408 e. The molecule has 0 bridgehead atoms. The summed E-state index contributed by atoms with van der Waals surface area (Å²) in [5.74, 6) is 0.0226. The van der Waals surface area contributed by atoms with Crippen molar-refractivity contribution in [3.05, 3.63) is 22.3 Å². The Morgan fingerprint density at radius 2 is 1.80 bits per heavy atom. The van der Waals surface area contributed by atoms with Crippen molar-refractivity contribution in [1.82, 2.24) is 15.4 Å². The maximum absolute atomic E-state index is 13.4. The van der Waals surface area contributed by atoms with Crippen molar-refractivity contribution in [3.8, 4) is 5.75 Å². The second-order valence-corrected chi connectivity index (χ2v) is 13.2. The van der Waals surface area contributed by atoms with Gasteiger partial charge in [-0.25, -0.2) is 17.9 Å². The van der Waals surface area contributed by atoms with Crippen LogP contribution in [-0.2, 0) is 30.7 Å². The van der Waals surface area contributed by atoms with Crippen LogP contribution in [0.1, 0.15) is 76.1 Å². The monoisotopic (exact) mass is 583 g/mol. The molecule has 13 heteroatoms. The van der Waals surface area contributed by atoms with E-state index in [1.54, 1.807) is 34.6 Å². The Labute approximate surface area is 237 Å². The molecular formula is C27H45N5O7S. The van der Waals surface area contributed by atoms with Crippen LogP contribution in [0.15, 0.2) is 9.89 Å². The zero-order valence-corrected chi connectivity index (χ0v) is 25.9. The first-order valence-corrected chi connectivity index (χ1v) is 14.8. The summed E-state index contributed by atoms with van der Waals surface area (Å²) >= 11 is 0. The number of guanidine groups is 1. The Morgan fingerprint density at radius 1 is 1.15 bits per heavy atom. The molecule has 0 spiro atoms. The Morgan fingerprint density at radius 3 is 2.40 bits per heavy atom. The van der Waals surface area contributed by atoms with E-state index in [9.17, 15) is 18.0 Å². The van der Waals surface area contributed by atoms with Crippen molar-refractivity contribution in [2.45, 2.75) is 103 Å². The minimum atomic E-state index is -4.03. The third-order valence-corrected chi connectivity index (χ3v) is 8.13. The fraction of sp³-hybridized carbons (Fsp3) is 0.667. The van der Waals surface area contributed by atoms with Gasteiger partial charge in [0.15, 0.2) is 0 Å². The summed E-state index contributed by atoms with van der Waals surface area (Å²) in [6.07, 6.45) is 1.27. The lowest BCUT2D eigenvalue weighted by molar-refractivity contribution is -0.124. The fourth-order valence-electron chi connectivity index (χ4n) is 4.45. The van der Waals surface area contributed by atoms with Gasteiger partial charge in [0, 0.05) is 13.7 Å². The number of nitrogens with zero attached hydrogens (tertiary/aromatic N) is 1. The SMILES string of the molecule is COCNC(=O)[C@H](CCCN=C(N)NS(=O)(=O)c1c(C)c(C)c2c(c1C)CCC(C)(C)O2)NC(=O)OC(C)(C)C. The molecule has 0 radical (unpaired) electrons.